The topological polar surface area (TPSA) is 113 Å². The predicted molar refractivity (Wildman–Crippen MR) is 153 cm³/mol. The number of benzene rings is 2. The Morgan fingerprint density at radius 1 is 1.10 bits per heavy atom. The first-order valence-corrected chi connectivity index (χ1v) is 13.2. The lowest BCUT2D eigenvalue weighted by Gasteiger charge is -2.43. The van der Waals surface area contributed by atoms with E-state index in [2.05, 4.69) is 70.9 Å². The maximum absolute atomic E-state index is 12.7. The number of aromatic amines is 1. The molecule has 2 unspecified atom stereocenters. The lowest BCUT2D eigenvalue weighted by molar-refractivity contribution is 0.142. The van der Waals surface area contributed by atoms with E-state index in [1.165, 1.54) is 22.4 Å². The Bertz CT molecular complexity index is 1540. The van der Waals surface area contributed by atoms with E-state index in [4.69, 9.17) is 4.74 Å². The summed E-state index contributed by atoms with van der Waals surface area (Å²) in [6.45, 7) is 14.6. The van der Waals surface area contributed by atoms with Crippen molar-refractivity contribution < 1.29 is 14.6 Å². The SMILES string of the molecule is COc1c(-c2ccc3c(c2)CCC3(C)C(NC(=O)O)C(C)(C)C)cc(-n2ccc(=O)[nH]c2=O)cc1C(C)(C)C. The molecule has 0 aliphatic heterocycles. The summed E-state index contributed by atoms with van der Waals surface area (Å²) in [7, 11) is 1.65. The van der Waals surface area contributed by atoms with Crippen molar-refractivity contribution in [3.8, 4) is 22.6 Å². The first kappa shape index (κ1) is 28.2. The predicted octanol–water partition coefficient (Wildman–Crippen LogP) is 5.39. The number of aryl methyl sites for hydroxylation is 1. The minimum Gasteiger partial charge on any atom is -0.496 e. The average molecular weight is 534 g/mol. The van der Waals surface area contributed by atoms with E-state index in [0.29, 0.717) is 5.69 Å². The fourth-order valence-electron chi connectivity index (χ4n) is 6.17. The summed E-state index contributed by atoms with van der Waals surface area (Å²) in [5, 5.41) is 12.4. The second-order valence-electron chi connectivity index (χ2n) is 12.8. The normalized spacial score (nSPS) is 17.9. The van der Waals surface area contributed by atoms with Crippen LogP contribution in [0.25, 0.3) is 16.8 Å². The van der Waals surface area contributed by atoms with Crippen molar-refractivity contribution in [1.82, 2.24) is 14.9 Å². The number of methoxy groups -OCH3 is 1. The third kappa shape index (κ3) is 5.24. The summed E-state index contributed by atoms with van der Waals surface area (Å²) in [5.41, 5.74) is 3.75. The molecule has 8 nitrogen and oxygen atoms in total. The Labute approximate surface area is 229 Å². The van der Waals surface area contributed by atoms with Gasteiger partial charge in [-0.05, 0) is 52.5 Å². The zero-order chi connectivity index (χ0) is 28.9. The number of nitrogens with zero attached hydrogens (tertiary/aromatic N) is 1. The van der Waals surface area contributed by atoms with Gasteiger partial charge in [0.2, 0.25) is 0 Å². The van der Waals surface area contributed by atoms with Crippen LogP contribution in [0.15, 0.2) is 52.2 Å². The van der Waals surface area contributed by atoms with Crippen LogP contribution in [0.1, 0.15) is 71.6 Å². The van der Waals surface area contributed by atoms with E-state index in [9.17, 15) is 19.5 Å². The molecule has 0 fully saturated rings. The number of carboxylic acid groups (broad SMARTS) is 1. The monoisotopic (exact) mass is 533 g/mol. The Kier molecular flexibility index (Phi) is 7.04. The fraction of sp³-hybridized carbons (Fsp3) is 0.452. The molecule has 0 saturated heterocycles. The summed E-state index contributed by atoms with van der Waals surface area (Å²) in [4.78, 5) is 38.4. The van der Waals surface area contributed by atoms with Crippen molar-refractivity contribution in [3.05, 3.63) is 80.1 Å². The van der Waals surface area contributed by atoms with Crippen LogP contribution in [0, 0.1) is 5.41 Å². The molecular weight excluding hydrogens is 494 g/mol. The molecule has 1 aromatic heterocycles. The van der Waals surface area contributed by atoms with E-state index >= 15 is 0 Å². The van der Waals surface area contributed by atoms with Gasteiger partial charge in [0, 0.05) is 34.8 Å². The molecular formula is C31H39N3O5. The van der Waals surface area contributed by atoms with Crippen LogP contribution in [0.2, 0.25) is 0 Å². The van der Waals surface area contributed by atoms with Crippen LogP contribution in [-0.4, -0.2) is 33.9 Å². The van der Waals surface area contributed by atoms with Crippen LogP contribution in [0.4, 0.5) is 4.79 Å². The summed E-state index contributed by atoms with van der Waals surface area (Å²) in [6.07, 6.45) is 2.11. The molecule has 8 heteroatoms. The van der Waals surface area contributed by atoms with E-state index in [1.54, 1.807) is 7.11 Å². The van der Waals surface area contributed by atoms with Gasteiger partial charge in [-0.1, -0.05) is 66.7 Å². The van der Waals surface area contributed by atoms with Crippen LogP contribution >= 0.6 is 0 Å². The second-order valence-corrected chi connectivity index (χ2v) is 12.8. The molecule has 0 radical (unpaired) electrons. The molecule has 0 saturated carbocycles. The lowest BCUT2D eigenvalue weighted by Crippen LogP contribution is -2.54. The number of H-pyrrole nitrogens is 1. The summed E-state index contributed by atoms with van der Waals surface area (Å²) in [5.74, 6) is 0.726. The minimum atomic E-state index is -1.02. The second kappa shape index (κ2) is 9.74. The fourth-order valence-corrected chi connectivity index (χ4v) is 6.17. The molecule has 2 aromatic carbocycles. The first-order valence-electron chi connectivity index (χ1n) is 13.2. The van der Waals surface area contributed by atoms with Crippen LogP contribution in [-0.2, 0) is 17.3 Å². The largest absolute Gasteiger partial charge is 0.496 e. The van der Waals surface area contributed by atoms with Gasteiger partial charge in [0.25, 0.3) is 5.56 Å². The van der Waals surface area contributed by atoms with Crippen LogP contribution in [0.5, 0.6) is 5.75 Å². The molecule has 1 heterocycles. The number of rotatable bonds is 5. The van der Waals surface area contributed by atoms with Gasteiger partial charge in [0.1, 0.15) is 5.75 Å². The number of ether oxygens (including phenoxy) is 1. The molecule has 1 aliphatic carbocycles. The zero-order valence-corrected chi connectivity index (χ0v) is 24.1. The molecule has 3 N–H and O–H groups in total. The van der Waals surface area contributed by atoms with Gasteiger partial charge in [0.05, 0.1) is 12.8 Å². The number of aromatic nitrogens is 2. The highest BCUT2D eigenvalue weighted by molar-refractivity contribution is 5.77. The highest BCUT2D eigenvalue weighted by atomic mass is 16.5. The van der Waals surface area contributed by atoms with Crippen molar-refractivity contribution >= 4 is 6.09 Å². The standard InChI is InChI=1S/C31H39N3O5/c1-29(2,3)23-17-20(34-14-12-24(35)32-27(34)36)16-21(25(23)39-8)18-9-10-22-19(15-18)11-13-31(22,7)26(30(4,5)6)33-28(37)38/h9-10,12,14-17,26,33H,11,13H2,1-8H3,(H,37,38)(H,32,35,36). The summed E-state index contributed by atoms with van der Waals surface area (Å²) in [6, 6.07) is 11.2. The first-order chi connectivity index (χ1) is 18.1. The Hall–Kier alpha value is -3.81. The molecule has 3 aromatic rings. The number of carbonyl (C=O) groups is 1. The maximum atomic E-state index is 12.7. The third-order valence-electron chi connectivity index (χ3n) is 7.90. The summed E-state index contributed by atoms with van der Waals surface area (Å²) >= 11 is 0. The highest BCUT2D eigenvalue weighted by Gasteiger charge is 2.47. The van der Waals surface area contributed by atoms with E-state index in [-0.39, 0.29) is 22.3 Å². The molecule has 0 bridgehead atoms. The van der Waals surface area contributed by atoms with Gasteiger partial charge in [-0.2, -0.15) is 0 Å². The Balaban J connectivity index is 1.91. The van der Waals surface area contributed by atoms with Crippen molar-refractivity contribution in [2.45, 2.75) is 78.2 Å². The molecule has 4 rings (SSSR count). The molecule has 0 spiro atoms. The molecule has 208 valence electrons. The van der Waals surface area contributed by atoms with Gasteiger partial charge >= 0.3 is 11.8 Å². The minimum absolute atomic E-state index is 0.271. The number of fused-ring (bicyclic) bond motifs is 1. The maximum Gasteiger partial charge on any atom is 0.404 e. The molecule has 39 heavy (non-hydrogen) atoms. The van der Waals surface area contributed by atoms with E-state index < -0.39 is 17.3 Å². The lowest BCUT2D eigenvalue weighted by atomic mass is 9.67. The quantitative estimate of drug-likeness (QED) is 0.407. The number of amides is 1. The molecule has 1 amide bonds. The smallest absolute Gasteiger partial charge is 0.404 e. The van der Waals surface area contributed by atoms with E-state index in [0.717, 1.165) is 40.8 Å². The van der Waals surface area contributed by atoms with Crippen molar-refractivity contribution in [2.24, 2.45) is 5.41 Å². The molecule has 1 aliphatic rings. The van der Waals surface area contributed by atoms with Crippen LogP contribution in [0.3, 0.4) is 0 Å². The Morgan fingerprint density at radius 3 is 2.36 bits per heavy atom. The average Bonchev–Trinajstić information content (AvgIpc) is 3.17. The number of nitrogens with one attached hydrogen (secondary N) is 2. The van der Waals surface area contributed by atoms with Gasteiger partial charge < -0.3 is 15.2 Å². The van der Waals surface area contributed by atoms with Crippen molar-refractivity contribution in [1.29, 1.82) is 0 Å². The van der Waals surface area contributed by atoms with Gasteiger partial charge in [0.15, 0.2) is 0 Å². The number of hydrogen-bond donors (Lipinski definition) is 3. The summed E-state index contributed by atoms with van der Waals surface area (Å²) < 4.78 is 7.39. The Morgan fingerprint density at radius 2 is 1.79 bits per heavy atom. The third-order valence-corrected chi connectivity index (χ3v) is 7.90. The molecule has 2 atom stereocenters. The zero-order valence-electron chi connectivity index (χ0n) is 24.1. The van der Waals surface area contributed by atoms with Crippen LogP contribution < -0.4 is 21.3 Å². The van der Waals surface area contributed by atoms with Gasteiger partial charge in [-0.15, -0.1) is 0 Å². The van der Waals surface area contributed by atoms with Gasteiger partial charge in [-0.3, -0.25) is 14.3 Å². The number of hydrogen-bond acceptors (Lipinski definition) is 4. The van der Waals surface area contributed by atoms with Crippen molar-refractivity contribution in [3.63, 3.8) is 0 Å². The highest BCUT2D eigenvalue weighted by Crippen LogP contribution is 2.48. The van der Waals surface area contributed by atoms with Gasteiger partial charge in [-0.25, -0.2) is 9.59 Å². The van der Waals surface area contributed by atoms with Crippen molar-refractivity contribution in [2.75, 3.05) is 7.11 Å². The van der Waals surface area contributed by atoms with E-state index in [1.807, 2.05) is 18.2 Å².